The van der Waals surface area contributed by atoms with Crippen LogP contribution in [0.5, 0.6) is 0 Å². The van der Waals surface area contributed by atoms with Gasteiger partial charge < -0.3 is 10.5 Å². The van der Waals surface area contributed by atoms with Crippen molar-refractivity contribution in [1.82, 2.24) is 0 Å². The molecular formula is C13H23NO2. The fourth-order valence-electron chi connectivity index (χ4n) is 2.58. The Hall–Kier alpha value is -0.700. The van der Waals surface area contributed by atoms with E-state index in [1.54, 1.807) is 0 Å². The first-order valence-corrected chi connectivity index (χ1v) is 6.16. The summed E-state index contributed by atoms with van der Waals surface area (Å²) < 4.78 is 0. The lowest BCUT2D eigenvalue weighted by Gasteiger charge is -2.35. The van der Waals surface area contributed by atoms with Gasteiger partial charge in [-0.15, -0.1) is 0 Å². The van der Waals surface area contributed by atoms with Crippen molar-refractivity contribution in [2.75, 3.05) is 0 Å². The van der Waals surface area contributed by atoms with Gasteiger partial charge in [0.2, 0.25) is 0 Å². The molecule has 92 valence electrons. The second-order valence-electron chi connectivity index (χ2n) is 5.48. The smallest absolute Gasteiger partial charge is 0.166 e. The molecule has 0 bridgehead atoms. The maximum absolute atomic E-state index is 11.9. The maximum Gasteiger partial charge on any atom is 0.166 e. The minimum Gasteiger partial charge on any atom is -0.382 e. The van der Waals surface area contributed by atoms with E-state index in [0.29, 0.717) is 24.5 Å². The Bertz CT molecular complexity index is 276. The van der Waals surface area contributed by atoms with Crippen LogP contribution in [0, 0.1) is 17.2 Å². The van der Waals surface area contributed by atoms with Crippen LogP contribution >= 0.6 is 0 Å². The highest BCUT2D eigenvalue weighted by Gasteiger charge is 2.40. The normalized spacial score (nSPS) is 30.4. The van der Waals surface area contributed by atoms with Gasteiger partial charge in [-0.3, -0.25) is 4.79 Å². The van der Waals surface area contributed by atoms with Crippen LogP contribution in [0.1, 0.15) is 52.9 Å². The molecule has 0 amide bonds. The van der Waals surface area contributed by atoms with E-state index in [9.17, 15) is 9.90 Å². The fourth-order valence-corrected chi connectivity index (χ4v) is 2.58. The lowest BCUT2D eigenvalue weighted by Crippen LogP contribution is -2.44. The number of aliphatic hydroxyl groups is 1. The van der Waals surface area contributed by atoms with E-state index < -0.39 is 5.60 Å². The number of Topliss-reactive ketones (excluding diaryl/α,β-unsaturated/α-hetero) is 1. The molecular weight excluding hydrogens is 202 g/mol. The number of nitrogens with one attached hydrogen (secondary N) is 1. The Morgan fingerprint density at radius 1 is 1.44 bits per heavy atom. The first-order valence-electron chi connectivity index (χ1n) is 6.16. The Morgan fingerprint density at radius 2 is 1.94 bits per heavy atom. The van der Waals surface area contributed by atoms with Crippen LogP contribution in [-0.2, 0) is 4.79 Å². The minimum absolute atomic E-state index is 0.0162. The molecule has 0 aliphatic heterocycles. The lowest BCUT2D eigenvalue weighted by molar-refractivity contribution is -0.144. The molecule has 0 radical (unpaired) electrons. The zero-order valence-corrected chi connectivity index (χ0v) is 10.5. The predicted molar refractivity (Wildman–Crippen MR) is 64.8 cm³/mol. The van der Waals surface area contributed by atoms with Crippen LogP contribution in [-0.4, -0.2) is 22.2 Å². The first kappa shape index (κ1) is 13.4. The van der Waals surface area contributed by atoms with E-state index >= 15 is 0 Å². The minimum atomic E-state index is -1.08. The zero-order chi connectivity index (χ0) is 12.3. The second-order valence-corrected chi connectivity index (χ2v) is 5.48. The highest BCUT2D eigenvalue weighted by molar-refractivity contribution is 5.88. The molecule has 16 heavy (non-hydrogen) atoms. The van der Waals surface area contributed by atoms with Crippen molar-refractivity contribution in [1.29, 1.82) is 5.41 Å². The topological polar surface area (TPSA) is 61.1 Å². The number of rotatable bonds is 4. The molecule has 0 atom stereocenters. The Balaban J connectivity index is 2.53. The van der Waals surface area contributed by atoms with Crippen LogP contribution in [0.2, 0.25) is 0 Å². The molecule has 0 unspecified atom stereocenters. The number of ketones is 1. The molecule has 1 aliphatic carbocycles. The van der Waals surface area contributed by atoms with Gasteiger partial charge in [0.15, 0.2) is 5.78 Å². The van der Waals surface area contributed by atoms with E-state index in [-0.39, 0.29) is 11.7 Å². The summed E-state index contributed by atoms with van der Waals surface area (Å²) in [6, 6.07) is 0. The largest absolute Gasteiger partial charge is 0.382 e. The van der Waals surface area contributed by atoms with E-state index in [0.717, 1.165) is 19.3 Å². The first-order chi connectivity index (χ1) is 7.35. The van der Waals surface area contributed by atoms with Gasteiger partial charge >= 0.3 is 0 Å². The van der Waals surface area contributed by atoms with Crippen molar-refractivity contribution in [3.8, 4) is 0 Å². The van der Waals surface area contributed by atoms with Crippen LogP contribution in [0.3, 0.4) is 0 Å². The predicted octanol–water partition coefficient (Wildman–Crippen LogP) is 2.56. The Kier molecular flexibility index (Phi) is 4.25. The monoisotopic (exact) mass is 225 g/mol. The quantitative estimate of drug-likeness (QED) is 0.722. The summed E-state index contributed by atoms with van der Waals surface area (Å²) in [5.41, 5.74) is -0.383. The summed E-state index contributed by atoms with van der Waals surface area (Å²) >= 11 is 0. The van der Waals surface area contributed by atoms with Crippen LogP contribution in [0.15, 0.2) is 0 Å². The van der Waals surface area contributed by atoms with Crippen molar-refractivity contribution < 1.29 is 9.90 Å². The molecule has 0 saturated heterocycles. The molecule has 3 nitrogen and oxygen atoms in total. The van der Waals surface area contributed by atoms with E-state index in [4.69, 9.17) is 5.41 Å². The van der Waals surface area contributed by atoms with Crippen LogP contribution < -0.4 is 0 Å². The summed E-state index contributed by atoms with van der Waals surface area (Å²) in [7, 11) is 0. The Morgan fingerprint density at radius 3 is 2.31 bits per heavy atom. The summed E-state index contributed by atoms with van der Waals surface area (Å²) in [4.78, 5) is 11.9. The van der Waals surface area contributed by atoms with Crippen molar-refractivity contribution in [2.24, 2.45) is 11.8 Å². The van der Waals surface area contributed by atoms with Gasteiger partial charge in [-0.1, -0.05) is 13.8 Å². The van der Waals surface area contributed by atoms with Crippen molar-refractivity contribution in [3.05, 3.63) is 0 Å². The number of hydrogen-bond acceptors (Lipinski definition) is 3. The molecule has 1 saturated carbocycles. The van der Waals surface area contributed by atoms with E-state index in [1.807, 2.05) is 20.8 Å². The Labute approximate surface area is 97.8 Å². The van der Waals surface area contributed by atoms with E-state index in [1.165, 1.54) is 0 Å². The van der Waals surface area contributed by atoms with Gasteiger partial charge in [0, 0.05) is 11.6 Å². The van der Waals surface area contributed by atoms with Crippen LogP contribution in [0.4, 0.5) is 0 Å². The SMILES string of the molecule is CC(=N)CC1CCC(O)(C(=O)C(C)C)CC1. The standard InChI is InChI=1S/C13H23NO2/c1-9(2)12(15)13(16)6-4-11(5-7-13)8-10(3)14/h9,11,14,16H,4-8H2,1-3H3. The molecule has 0 aromatic heterocycles. The second kappa shape index (κ2) is 5.09. The average molecular weight is 225 g/mol. The highest BCUT2D eigenvalue weighted by atomic mass is 16.3. The fraction of sp³-hybridized carbons (Fsp3) is 0.846. The summed E-state index contributed by atoms with van der Waals surface area (Å²) in [6.07, 6.45) is 3.69. The summed E-state index contributed by atoms with van der Waals surface area (Å²) in [6.45, 7) is 5.50. The molecule has 3 heteroatoms. The summed E-state index contributed by atoms with van der Waals surface area (Å²) in [5, 5.41) is 17.7. The third-order valence-corrected chi connectivity index (χ3v) is 3.51. The van der Waals surface area contributed by atoms with Crippen LogP contribution in [0.25, 0.3) is 0 Å². The van der Waals surface area contributed by atoms with Gasteiger partial charge in [0.1, 0.15) is 5.60 Å². The van der Waals surface area contributed by atoms with Gasteiger partial charge in [-0.25, -0.2) is 0 Å². The van der Waals surface area contributed by atoms with Gasteiger partial charge in [-0.05, 0) is 44.9 Å². The van der Waals surface area contributed by atoms with Crippen molar-refractivity contribution in [2.45, 2.75) is 58.5 Å². The highest BCUT2D eigenvalue weighted by Crippen LogP contribution is 2.35. The molecule has 1 fully saturated rings. The van der Waals surface area contributed by atoms with Gasteiger partial charge in [0.05, 0.1) is 0 Å². The zero-order valence-electron chi connectivity index (χ0n) is 10.5. The molecule has 0 spiro atoms. The number of carbonyl (C=O) groups excluding carboxylic acids is 1. The van der Waals surface area contributed by atoms with Gasteiger partial charge in [0.25, 0.3) is 0 Å². The van der Waals surface area contributed by atoms with Gasteiger partial charge in [-0.2, -0.15) is 0 Å². The molecule has 1 aliphatic rings. The number of hydrogen-bond donors (Lipinski definition) is 2. The third kappa shape index (κ3) is 3.14. The van der Waals surface area contributed by atoms with Crippen molar-refractivity contribution >= 4 is 11.5 Å². The molecule has 1 rings (SSSR count). The lowest BCUT2D eigenvalue weighted by atomic mass is 9.73. The molecule has 0 aromatic rings. The third-order valence-electron chi connectivity index (χ3n) is 3.51. The van der Waals surface area contributed by atoms with Crippen molar-refractivity contribution in [3.63, 3.8) is 0 Å². The maximum atomic E-state index is 11.9. The average Bonchev–Trinajstić information content (AvgIpc) is 2.20. The molecule has 2 N–H and O–H groups in total. The molecule has 0 heterocycles. The number of carbonyl (C=O) groups is 1. The molecule has 0 aromatic carbocycles. The van der Waals surface area contributed by atoms with E-state index in [2.05, 4.69) is 0 Å². The summed E-state index contributed by atoms with van der Waals surface area (Å²) in [5.74, 6) is 0.376.